The van der Waals surface area contributed by atoms with Gasteiger partial charge in [0.25, 0.3) is 5.91 Å². The third kappa shape index (κ3) is 3.19. The molecule has 0 spiro atoms. The van der Waals surface area contributed by atoms with Crippen molar-refractivity contribution >= 4 is 17.3 Å². The van der Waals surface area contributed by atoms with Crippen LogP contribution in [-0.2, 0) is 0 Å². The summed E-state index contributed by atoms with van der Waals surface area (Å²) in [4.78, 5) is 11.4. The van der Waals surface area contributed by atoms with Crippen LogP contribution in [0.4, 0.5) is 11.4 Å². The van der Waals surface area contributed by atoms with Gasteiger partial charge in [0.05, 0.1) is 5.56 Å². The van der Waals surface area contributed by atoms with Gasteiger partial charge in [0, 0.05) is 17.4 Å². The Morgan fingerprint density at radius 3 is 2.68 bits per heavy atom. The smallest absolute Gasteiger partial charge is 0.250 e. The van der Waals surface area contributed by atoms with Crippen molar-refractivity contribution in [1.82, 2.24) is 0 Å². The van der Waals surface area contributed by atoms with Crippen LogP contribution in [0.15, 0.2) is 18.2 Å². The van der Waals surface area contributed by atoms with Crippen LogP contribution in [0, 0.1) is 11.8 Å². The molecule has 1 saturated carbocycles. The number of hydrogen-bond donors (Lipinski definition) is 3. The molecule has 0 radical (unpaired) electrons. The standard InChI is InChI=1S/C15H23N3O/c1-9-3-6-13(10(2)7-9)18-14-8-11(16)4-5-12(14)15(17)19/h4-5,8-10,13,18H,3,6-7,16H2,1-2H3,(H2,17,19). The molecule has 0 saturated heterocycles. The number of carbonyl (C=O) groups excluding carboxylic acids is 1. The highest BCUT2D eigenvalue weighted by Gasteiger charge is 2.26. The average Bonchev–Trinajstić information content (AvgIpc) is 2.32. The molecule has 1 amide bonds. The zero-order chi connectivity index (χ0) is 14.0. The highest BCUT2D eigenvalue weighted by atomic mass is 16.1. The molecule has 0 aliphatic heterocycles. The predicted molar refractivity (Wildman–Crippen MR) is 79.0 cm³/mol. The van der Waals surface area contributed by atoms with E-state index in [1.54, 1.807) is 18.2 Å². The topological polar surface area (TPSA) is 81.1 Å². The number of benzene rings is 1. The number of anilines is 2. The van der Waals surface area contributed by atoms with Crippen LogP contribution in [0.25, 0.3) is 0 Å². The Morgan fingerprint density at radius 2 is 2.05 bits per heavy atom. The summed E-state index contributed by atoms with van der Waals surface area (Å²) in [5.41, 5.74) is 13.1. The number of hydrogen-bond acceptors (Lipinski definition) is 3. The van der Waals surface area contributed by atoms with E-state index in [-0.39, 0.29) is 0 Å². The van der Waals surface area contributed by atoms with Gasteiger partial charge in [0.1, 0.15) is 0 Å². The molecule has 104 valence electrons. The van der Waals surface area contributed by atoms with Gasteiger partial charge in [-0.2, -0.15) is 0 Å². The molecule has 1 aromatic carbocycles. The van der Waals surface area contributed by atoms with E-state index in [0.717, 1.165) is 18.0 Å². The van der Waals surface area contributed by atoms with Crippen LogP contribution in [0.1, 0.15) is 43.5 Å². The molecule has 4 nitrogen and oxygen atoms in total. The number of primary amides is 1. The van der Waals surface area contributed by atoms with E-state index in [0.29, 0.717) is 23.2 Å². The average molecular weight is 261 g/mol. The Balaban J connectivity index is 2.18. The monoisotopic (exact) mass is 261 g/mol. The van der Waals surface area contributed by atoms with E-state index >= 15 is 0 Å². The number of rotatable bonds is 3. The Bertz CT molecular complexity index is 472. The molecule has 1 aromatic rings. The lowest BCUT2D eigenvalue weighted by Crippen LogP contribution is -2.33. The first-order chi connectivity index (χ1) is 8.97. The fourth-order valence-corrected chi connectivity index (χ4v) is 2.98. The zero-order valence-corrected chi connectivity index (χ0v) is 11.6. The Labute approximate surface area is 114 Å². The van der Waals surface area contributed by atoms with Gasteiger partial charge in [-0.15, -0.1) is 0 Å². The van der Waals surface area contributed by atoms with Crippen LogP contribution in [0.2, 0.25) is 0 Å². The fraction of sp³-hybridized carbons (Fsp3) is 0.533. The number of amides is 1. The van der Waals surface area contributed by atoms with Gasteiger partial charge >= 0.3 is 0 Å². The second-order valence-corrected chi connectivity index (χ2v) is 5.82. The minimum atomic E-state index is -0.417. The van der Waals surface area contributed by atoms with Crippen LogP contribution >= 0.6 is 0 Å². The third-order valence-corrected chi connectivity index (χ3v) is 4.08. The summed E-state index contributed by atoms with van der Waals surface area (Å²) >= 11 is 0. The van der Waals surface area contributed by atoms with Crippen LogP contribution in [0.5, 0.6) is 0 Å². The van der Waals surface area contributed by atoms with Gasteiger partial charge in [0.15, 0.2) is 0 Å². The molecule has 1 fully saturated rings. The van der Waals surface area contributed by atoms with Crippen molar-refractivity contribution in [3.63, 3.8) is 0 Å². The molecular weight excluding hydrogens is 238 g/mol. The maximum atomic E-state index is 11.4. The molecule has 3 unspecified atom stereocenters. The molecule has 4 heteroatoms. The second-order valence-electron chi connectivity index (χ2n) is 5.82. The van der Waals surface area contributed by atoms with E-state index in [1.807, 2.05) is 0 Å². The lowest BCUT2D eigenvalue weighted by Gasteiger charge is -2.34. The summed E-state index contributed by atoms with van der Waals surface area (Å²) in [5, 5.41) is 3.46. The van der Waals surface area contributed by atoms with Crippen molar-refractivity contribution in [3.8, 4) is 0 Å². The van der Waals surface area contributed by atoms with Gasteiger partial charge in [-0.3, -0.25) is 4.79 Å². The van der Waals surface area contributed by atoms with Gasteiger partial charge in [-0.05, 0) is 49.3 Å². The van der Waals surface area contributed by atoms with Crippen molar-refractivity contribution < 1.29 is 4.79 Å². The first kappa shape index (κ1) is 13.7. The Morgan fingerprint density at radius 1 is 1.32 bits per heavy atom. The highest BCUT2D eigenvalue weighted by Crippen LogP contribution is 2.32. The number of carbonyl (C=O) groups is 1. The molecule has 0 heterocycles. The number of nitrogens with two attached hydrogens (primary N) is 2. The van der Waals surface area contributed by atoms with E-state index in [9.17, 15) is 4.79 Å². The van der Waals surface area contributed by atoms with Gasteiger partial charge in [0.2, 0.25) is 0 Å². The largest absolute Gasteiger partial charge is 0.399 e. The van der Waals surface area contributed by atoms with Crippen molar-refractivity contribution in [1.29, 1.82) is 0 Å². The summed E-state index contributed by atoms with van der Waals surface area (Å²) in [6, 6.07) is 5.58. The molecule has 5 N–H and O–H groups in total. The molecule has 1 aliphatic rings. The highest BCUT2D eigenvalue weighted by molar-refractivity contribution is 5.99. The van der Waals surface area contributed by atoms with E-state index in [1.165, 1.54) is 12.8 Å². The molecule has 0 bridgehead atoms. The summed E-state index contributed by atoms with van der Waals surface area (Å²) in [6.07, 6.45) is 3.55. The van der Waals surface area contributed by atoms with Crippen molar-refractivity contribution in [2.24, 2.45) is 17.6 Å². The van der Waals surface area contributed by atoms with Gasteiger partial charge in [-0.25, -0.2) is 0 Å². The normalized spacial score (nSPS) is 26.9. The van der Waals surface area contributed by atoms with Crippen LogP contribution in [-0.4, -0.2) is 11.9 Å². The SMILES string of the molecule is CC1CCC(Nc2cc(N)ccc2C(N)=O)C(C)C1. The first-order valence-corrected chi connectivity index (χ1v) is 6.93. The van der Waals surface area contributed by atoms with Crippen LogP contribution in [0.3, 0.4) is 0 Å². The maximum absolute atomic E-state index is 11.4. The van der Waals surface area contributed by atoms with E-state index < -0.39 is 5.91 Å². The molecular formula is C15H23N3O. The number of nitrogens with one attached hydrogen (secondary N) is 1. The van der Waals surface area contributed by atoms with Gasteiger partial charge in [-0.1, -0.05) is 13.8 Å². The summed E-state index contributed by atoms with van der Waals surface area (Å²) in [7, 11) is 0. The summed E-state index contributed by atoms with van der Waals surface area (Å²) in [5.74, 6) is 0.953. The minimum absolute atomic E-state index is 0.385. The summed E-state index contributed by atoms with van der Waals surface area (Å²) in [6.45, 7) is 4.55. The minimum Gasteiger partial charge on any atom is -0.399 e. The van der Waals surface area contributed by atoms with Crippen LogP contribution < -0.4 is 16.8 Å². The molecule has 19 heavy (non-hydrogen) atoms. The molecule has 2 rings (SSSR count). The molecule has 1 aliphatic carbocycles. The lowest BCUT2D eigenvalue weighted by atomic mass is 9.79. The van der Waals surface area contributed by atoms with Gasteiger partial charge < -0.3 is 16.8 Å². The third-order valence-electron chi connectivity index (χ3n) is 4.08. The lowest BCUT2D eigenvalue weighted by molar-refractivity contribution is 0.100. The number of nitrogen functional groups attached to an aromatic ring is 1. The van der Waals surface area contributed by atoms with Crippen molar-refractivity contribution in [3.05, 3.63) is 23.8 Å². The Hall–Kier alpha value is -1.71. The van der Waals surface area contributed by atoms with Crippen molar-refractivity contribution in [2.45, 2.75) is 39.2 Å². The predicted octanol–water partition coefficient (Wildman–Crippen LogP) is 2.60. The summed E-state index contributed by atoms with van der Waals surface area (Å²) < 4.78 is 0. The van der Waals surface area contributed by atoms with E-state index in [4.69, 9.17) is 11.5 Å². The molecule has 3 atom stereocenters. The Kier molecular flexibility index (Phi) is 3.98. The fourth-order valence-electron chi connectivity index (χ4n) is 2.98. The maximum Gasteiger partial charge on any atom is 0.250 e. The van der Waals surface area contributed by atoms with E-state index in [2.05, 4.69) is 19.2 Å². The second kappa shape index (κ2) is 5.51. The quantitative estimate of drug-likeness (QED) is 0.731. The molecule has 0 aromatic heterocycles. The first-order valence-electron chi connectivity index (χ1n) is 6.93. The van der Waals surface area contributed by atoms with Crippen molar-refractivity contribution in [2.75, 3.05) is 11.1 Å². The zero-order valence-electron chi connectivity index (χ0n) is 11.6.